The maximum absolute atomic E-state index is 11.4. The van der Waals surface area contributed by atoms with Crippen LogP contribution in [-0.4, -0.2) is 35.9 Å². The minimum absolute atomic E-state index is 0.0800. The molecule has 0 aliphatic carbocycles. The Morgan fingerprint density at radius 2 is 2.06 bits per heavy atom. The van der Waals surface area contributed by atoms with Crippen LogP contribution in [-0.2, 0) is 10.8 Å². The van der Waals surface area contributed by atoms with Crippen LogP contribution in [0.5, 0.6) is 5.75 Å². The molecule has 4 nitrogen and oxygen atoms in total. The van der Waals surface area contributed by atoms with Crippen LogP contribution in [0.4, 0.5) is 5.69 Å². The van der Waals surface area contributed by atoms with Crippen molar-refractivity contribution in [3.05, 3.63) is 23.8 Å². The molecule has 1 atom stereocenters. The van der Waals surface area contributed by atoms with E-state index in [1.807, 2.05) is 19.1 Å². The van der Waals surface area contributed by atoms with Crippen molar-refractivity contribution in [2.24, 2.45) is 5.73 Å². The number of nitrogens with two attached hydrogens (primary N) is 1. The Morgan fingerprint density at radius 1 is 1.39 bits per heavy atom. The molecule has 1 saturated heterocycles. The lowest BCUT2D eigenvalue weighted by Crippen LogP contribution is -2.38. The molecule has 2 rings (SSSR count). The molecule has 0 radical (unpaired) electrons. The Morgan fingerprint density at radius 3 is 2.61 bits per heavy atom. The fourth-order valence-electron chi connectivity index (χ4n) is 2.32. The lowest BCUT2D eigenvalue weighted by Gasteiger charge is -2.31. The number of anilines is 1. The van der Waals surface area contributed by atoms with E-state index in [1.54, 1.807) is 7.11 Å². The van der Waals surface area contributed by atoms with Crippen LogP contribution in [0.25, 0.3) is 0 Å². The topological polar surface area (TPSA) is 55.6 Å². The van der Waals surface area contributed by atoms with Gasteiger partial charge >= 0.3 is 0 Å². The number of rotatable bonds is 3. The van der Waals surface area contributed by atoms with Crippen molar-refractivity contribution in [2.45, 2.75) is 13.0 Å². The zero-order valence-electron chi connectivity index (χ0n) is 10.9. The summed E-state index contributed by atoms with van der Waals surface area (Å²) in [5.41, 5.74) is 8.21. The molecule has 100 valence electrons. The Bertz CT molecular complexity index is 439. The Balaban J connectivity index is 2.34. The third-order valence-electron chi connectivity index (χ3n) is 3.24. The van der Waals surface area contributed by atoms with Gasteiger partial charge in [0.1, 0.15) is 5.75 Å². The number of hydrogen-bond donors (Lipinski definition) is 1. The van der Waals surface area contributed by atoms with Gasteiger partial charge in [0.2, 0.25) is 0 Å². The molecule has 1 aromatic carbocycles. The van der Waals surface area contributed by atoms with Gasteiger partial charge in [-0.05, 0) is 19.1 Å². The molecule has 0 bridgehead atoms. The van der Waals surface area contributed by atoms with Gasteiger partial charge in [0, 0.05) is 52.7 Å². The minimum atomic E-state index is -0.663. The summed E-state index contributed by atoms with van der Waals surface area (Å²) in [6.45, 7) is 3.60. The molecule has 18 heavy (non-hydrogen) atoms. The number of hydrogen-bond acceptors (Lipinski definition) is 4. The molecular formula is C13H20N2O2S. The molecule has 1 fully saturated rings. The molecule has 0 aromatic heterocycles. The van der Waals surface area contributed by atoms with Crippen molar-refractivity contribution in [1.82, 2.24) is 0 Å². The van der Waals surface area contributed by atoms with Gasteiger partial charge in [-0.1, -0.05) is 6.07 Å². The first-order valence-corrected chi connectivity index (χ1v) is 7.64. The largest absolute Gasteiger partial charge is 0.496 e. The first-order valence-electron chi connectivity index (χ1n) is 6.16. The predicted molar refractivity (Wildman–Crippen MR) is 75.7 cm³/mol. The third-order valence-corrected chi connectivity index (χ3v) is 4.51. The van der Waals surface area contributed by atoms with Crippen LogP contribution in [0.1, 0.15) is 18.5 Å². The fraction of sp³-hybridized carbons (Fsp3) is 0.538. The summed E-state index contributed by atoms with van der Waals surface area (Å²) in [5.74, 6) is 2.29. The number of methoxy groups -OCH3 is 1. The molecule has 5 heteroatoms. The molecule has 0 spiro atoms. The third kappa shape index (κ3) is 2.67. The fourth-order valence-corrected chi connectivity index (χ4v) is 3.37. The lowest BCUT2D eigenvalue weighted by molar-refractivity contribution is 0.407. The zero-order valence-corrected chi connectivity index (χ0v) is 11.7. The van der Waals surface area contributed by atoms with E-state index in [4.69, 9.17) is 10.5 Å². The van der Waals surface area contributed by atoms with E-state index in [0.717, 1.165) is 41.6 Å². The summed E-state index contributed by atoms with van der Waals surface area (Å²) in [7, 11) is 1.000. The second-order valence-electron chi connectivity index (χ2n) is 4.52. The number of ether oxygens (including phenoxy) is 1. The van der Waals surface area contributed by atoms with Gasteiger partial charge < -0.3 is 15.4 Å². The van der Waals surface area contributed by atoms with Crippen LogP contribution in [0.15, 0.2) is 18.2 Å². The van der Waals surface area contributed by atoms with Gasteiger partial charge in [-0.3, -0.25) is 4.21 Å². The molecule has 1 heterocycles. The van der Waals surface area contributed by atoms with Crippen molar-refractivity contribution in [1.29, 1.82) is 0 Å². The van der Waals surface area contributed by atoms with E-state index in [0.29, 0.717) is 0 Å². The summed E-state index contributed by atoms with van der Waals surface area (Å²) in [6, 6.07) is 5.90. The van der Waals surface area contributed by atoms with Gasteiger partial charge in [-0.15, -0.1) is 0 Å². The van der Waals surface area contributed by atoms with E-state index in [1.165, 1.54) is 0 Å². The highest BCUT2D eigenvalue weighted by Gasteiger charge is 2.21. The highest BCUT2D eigenvalue weighted by Crippen LogP contribution is 2.34. The summed E-state index contributed by atoms with van der Waals surface area (Å²) < 4.78 is 16.8. The predicted octanol–water partition coefficient (Wildman–Crippen LogP) is 1.28. The average molecular weight is 268 g/mol. The van der Waals surface area contributed by atoms with E-state index in [9.17, 15) is 4.21 Å². The van der Waals surface area contributed by atoms with E-state index in [-0.39, 0.29) is 6.04 Å². The van der Waals surface area contributed by atoms with Crippen molar-refractivity contribution < 1.29 is 8.95 Å². The van der Waals surface area contributed by atoms with Crippen molar-refractivity contribution in [3.8, 4) is 5.75 Å². The van der Waals surface area contributed by atoms with Crippen molar-refractivity contribution in [2.75, 3.05) is 36.6 Å². The summed E-state index contributed by atoms with van der Waals surface area (Å²) in [6.07, 6.45) is 0. The molecular weight excluding hydrogens is 248 g/mol. The van der Waals surface area contributed by atoms with Crippen LogP contribution in [0, 0.1) is 0 Å². The summed E-state index contributed by atoms with van der Waals surface area (Å²) in [5, 5.41) is 0. The number of benzene rings is 1. The van der Waals surface area contributed by atoms with Gasteiger partial charge in [0.05, 0.1) is 7.11 Å². The second kappa shape index (κ2) is 5.71. The number of nitrogens with zero attached hydrogens (tertiary/aromatic N) is 1. The first-order chi connectivity index (χ1) is 8.63. The van der Waals surface area contributed by atoms with E-state index < -0.39 is 10.8 Å². The van der Waals surface area contributed by atoms with Gasteiger partial charge in [-0.2, -0.15) is 0 Å². The zero-order chi connectivity index (χ0) is 13.1. The maximum Gasteiger partial charge on any atom is 0.125 e. The monoisotopic (exact) mass is 268 g/mol. The molecule has 0 saturated carbocycles. The van der Waals surface area contributed by atoms with Gasteiger partial charge in [-0.25, -0.2) is 0 Å². The van der Waals surface area contributed by atoms with Crippen LogP contribution >= 0.6 is 0 Å². The normalized spacial score (nSPS) is 18.7. The van der Waals surface area contributed by atoms with Gasteiger partial charge in [0.15, 0.2) is 0 Å². The van der Waals surface area contributed by atoms with Crippen LogP contribution in [0.3, 0.4) is 0 Å². The Kier molecular flexibility index (Phi) is 4.24. The highest BCUT2D eigenvalue weighted by atomic mass is 32.2. The van der Waals surface area contributed by atoms with Crippen LogP contribution < -0.4 is 15.4 Å². The van der Waals surface area contributed by atoms with E-state index >= 15 is 0 Å². The molecule has 0 unspecified atom stereocenters. The van der Waals surface area contributed by atoms with Gasteiger partial charge in [0.25, 0.3) is 0 Å². The smallest absolute Gasteiger partial charge is 0.125 e. The summed E-state index contributed by atoms with van der Waals surface area (Å²) in [4.78, 5) is 2.25. The molecule has 1 aliphatic heterocycles. The highest BCUT2D eigenvalue weighted by molar-refractivity contribution is 7.85. The standard InChI is InChI=1S/C13H20N2O2S/c1-10(14)13-11(4-3-5-12(13)17-2)15-6-8-18(16)9-7-15/h3-5,10H,6-9,14H2,1-2H3/t10-/m0/s1. The van der Waals surface area contributed by atoms with Crippen molar-refractivity contribution >= 4 is 16.5 Å². The Hall–Kier alpha value is -1.07. The molecule has 2 N–H and O–H groups in total. The quantitative estimate of drug-likeness (QED) is 0.897. The first kappa shape index (κ1) is 13.4. The molecule has 0 amide bonds. The maximum atomic E-state index is 11.4. The lowest BCUT2D eigenvalue weighted by atomic mass is 10.0. The van der Waals surface area contributed by atoms with Crippen molar-refractivity contribution in [3.63, 3.8) is 0 Å². The van der Waals surface area contributed by atoms with E-state index in [2.05, 4.69) is 11.0 Å². The Labute approximate surface area is 111 Å². The molecule has 1 aromatic rings. The summed E-state index contributed by atoms with van der Waals surface area (Å²) >= 11 is 0. The second-order valence-corrected chi connectivity index (χ2v) is 6.21. The minimum Gasteiger partial charge on any atom is -0.496 e. The molecule has 1 aliphatic rings. The van der Waals surface area contributed by atoms with Crippen LogP contribution in [0.2, 0.25) is 0 Å². The average Bonchev–Trinajstić information content (AvgIpc) is 2.38. The SMILES string of the molecule is COc1cccc(N2CCS(=O)CC2)c1[C@H](C)N.